The SMILES string of the molecule is CC(C)=C[SiH2]NC(C)C. The third-order valence-corrected chi connectivity index (χ3v) is 3.11. The van der Waals surface area contributed by atoms with Crippen molar-refractivity contribution < 1.29 is 0 Å². The van der Waals surface area contributed by atoms with Gasteiger partial charge in [-0.3, -0.25) is 0 Å². The number of hydrogen-bond donors (Lipinski definition) is 1. The van der Waals surface area contributed by atoms with Crippen LogP contribution in [0.2, 0.25) is 0 Å². The van der Waals surface area contributed by atoms with Gasteiger partial charge in [0.15, 0.2) is 0 Å². The second-order valence-corrected chi connectivity index (χ2v) is 4.07. The first-order valence-electron chi connectivity index (χ1n) is 3.49. The van der Waals surface area contributed by atoms with Gasteiger partial charge in [0.1, 0.15) is 9.68 Å². The highest BCUT2D eigenvalue weighted by atomic mass is 28.2. The van der Waals surface area contributed by atoms with Gasteiger partial charge in [-0.05, 0) is 19.9 Å². The number of allylic oxidation sites excluding steroid dienone is 1. The second kappa shape index (κ2) is 4.76. The first kappa shape index (κ1) is 8.92. The van der Waals surface area contributed by atoms with Gasteiger partial charge in [-0.2, -0.15) is 0 Å². The van der Waals surface area contributed by atoms with Gasteiger partial charge in [-0.25, -0.2) is 0 Å². The Bertz CT molecular complexity index is 93.1. The minimum atomic E-state index is -0.0957. The average Bonchev–Trinajstić information content (AvgIpc) is 1.63. The van der Waals surface area contributed by atoms with Crippen molar-refractivity contribution in [2.45, 2.75) is 33.7 Å². The smallest absolute Gasteiger partial charge is 0.116 e. The maximum atomic E-state index is 3.44. The molecule has 54 valence electrons. The van der Waals surface area contributed by atoms with Crippen LogP contribution >= 0.6 is 0 Å². The van der Waals surface area contributed by atoms with Gasteiger partial charge < -0.3 is 4.98 Å². The maximum Gasteiger partial charge on any atom is 0.116 e. The van der Waals surface area contributed by atoms with E-state index < -0.39 is 0 Å². The van der Waals surface area contributed by atoms with Gasteiger partial charge in [0, 0.05) is 0 Å². The molecule has 0 saturated heterocycles. The molecule has 0 rings (SSSR count). The van der Waals surface area contributed by atoms with Crippen molar-refractivity contribution in [3.05, 3.63) is 11.3 Å². The van der Waals surface area contributed by atoms with E-state index in [1.54, 1.807) is 0 Å². The molecule has 0 saturated carbocycles. The summed E-state index contributed by atoms with van der Waals surface area (Å²) in [6, 6.07) is 0.660. The monoisotopic (exact) mass is 143 g/mol. The summed E-state index contributed by atoms with van der Waals surface area (Å²) >= 11 is 0. The van der Waals surface area contributed by atoms with Crippen molar-refractivity contribution in [3.8, 4) is 0 Å². The summed E-state index contributed by atoms with van der Waals surface area (Å²) < 4.78 is 0. The van der Waals surface area contributed by atoms with Crippen LogP contribution in [0.1, 0.15) is 27.7 Å². The summed E-state index contributed by atoms with van der Waals surface area (Å²) in [5.74, 6) is 0. The third kappa shape index (κ3) is 7.92. The summed E-state index contributed by atoms with van der Waals surface area (Å²) in [5.41, 5.74) is 3.77. The van der Waals surface area contributed by atoms with E-state index >= 15 is 0 Å². The zero-order valence-electron chi connectivity index (χ0n) is 6.86. The van der Waals surface area contributed by atoms with Crippen molar-refractivity contribution in [2.75, 3.05) is 0 Å². The topological polar surface area (TPSA) is 12.0 Å². The molecule has 0 radical (unpaired) electrons. The minimum Gasteiger partial charge on any atom is -0.337 e. The molecule has 0 aliphatic carbocycles. The van der Waals surface area contributed by atoms with Crippen LogP contribution in [0, 0.1) is 0 Å². The summed E-state index contributed by atoms with van der Waals surface area (Å²) in [7, 11) is -0.0957. The Kier molecular flexibility index (Phi) is 4.72. The lowest BCUT2D eigenvalue weighted by atomic mass is 10.4. The molecule has 0 amide bonds. The quantitative estimate of drug-likeness (QED) is 0.581. The fourth-order valence-corrected chi connectivity index (χ4v) is 1.50. The molecule has 0 spiro atoms. The second-order valence-electron chi connectivity index (χ2n) is 2.84. The molecule has 0 heterocycles. The molecule has 1 N–H and O–H groups in total. The lowest BCUT2D eigenvalue weighted by Crippen LogP contribution is -2.25. The molecule has 0 fully saturated rings. The van der Waals surface area contributed by atoms with E-state index in [2.05, 4.69) is 38.4 Å². The van der Waals surface area contributed by atoms with Crippen LogP contribution in [-0.4, -0.2) is 15.7 Å². The molecule has 2 heteroatoms. The number of nitrogens with one attached hydrogen (secondary N) is 1. The van der Waals surface area contributed by atoms with Gasteiger partial charge in [0.25, 0.3) is 0 Å². The number of hydrogen-bond acceptors (Lipinski definition) is 1. The summed E-state index contributed by atoms with van der Waals surface area (Å²) in [6.45, 7) is 8.67. The molecule has 0 atom stereocenters. The molecule has 0 aliphatic rings. The van der Waals surface area contributed by atoms with E-state index in [1.807, 2.05) is 0 Å². The van der Waals surface area contributed by atoms with Crippen LogP contribution in [0.3, 0.4) is 0 Å². The van der Waals surface area contributed by atoms with E-state index in [9.17, 15) is 0 Å². The van der Waals surface area contributed by atoms with Crippen molar-refractivity contribution in [1.82, 2.24) is 4.98 Å². The van der Waals surface area contributed by atoms with Gasteiger partial charge in [0.2, 0.25) is 0 Å². The van der Waals surface area contributed by atoms with Crippen molar-refractivity contribution in [3.63, 3.8) is 0 Å². The summed E-state index contributed by atoms with van der Waals surface area (Å²) in [5, 5.41) is 0. The van der Waals surface area contributed by atoms with Crippen molar-refractivity contribution in [2.24, 2.45) is 0 Å². The molecule has 0 aliphatic heterocycles. The summed E-state index contributed by atoms with van der Waals surface area (Å²) in [4.78, 5) is 3.44. The zero-order chi connectivity index (χ0) is 7.28. The molecule has 0 unspecified atom stereocenters. The van der Waals surface area contributed by atoms with Gasteiger partial charge >= 0.3 is 0 Å². The van der Waals surface area contributed by atoms with Crippen LogP contribution < -0.4 is 4.98 Å². The standard InChI is InChI=1S/C7H17NSi/c1-6(2)5-9-8-7(3)4/h5,7-8H,9H2,1-4H3. The van der Waals surface area contributed by atoms with Gasteiger partial charge in [-0.1, -0.05) is 25.1 Å². The molecule has 9 heavy (non-hydrogen) atoms. The molecule has 0 aromatic rings. The molecule has 1 nitrogen and oxygen atoms in total. The molecule has 0 aromatic carbocycles. The van der Waals surface area contributed by atoms with Crippen molar-refractivity contribution >= 4 is 9.68 Å². The Morgan fingerprint density at radius 2 is 2.00 bits per heavy atom. The van der Waals surface area contributed by atoms with Crippen LogP contribution in [0.4, 0.5) is 0 Å². The first-order valence-corrected chi connectivity index (χ1v) is 5.02. The molecular weight excluding hydrogens is 126 g/mol. The zero-order valence-corrected chi connectivity index (χ0v) is 8.28. The fourth-order valence-electron chi connectivity index (χ4n) is 0.499. The fraction of sp³-hybridized carbons (Fsp3) is 0.714. The Balaban J connectivity index is 3.20. The maximum absolute atomic E-state index is 3.44. The number of rotatable bonds is 3. The van der Waals surface area contributed by atoms with E-state index in [0.717, 1.165) is 0 Å². The van der Waals surface area contributed by atoms with Crippen LogP contribution in [0.5, 0.6) is 0 Å². The predicted octanol–water partition coefficient (Wildman–Crippen LogP) is 0.992. The Labute approximate surface area is 60.4 Å². The Morgan fingerprint density at radius 3 is 2.33 bits per heavy atom. The highest BCUT2D eigenvalue weighted by Crippen LogP contribution is 1.84. The summed E-state index contributed by atoms with van der Waals surface area (Å²) in [6.07, 6.45) is 0. The highest BCUT2D eigenvalue weighted by molar-refractivity contribution is 6.39. The van der Waals surface area contributed by atoms with Crippen LogP contribution in [-0.2, 0) is 0 Å². The lowest BCUT2D eigenvalue weighted by molar-refractivity contribution is 0.756. The highest BCUT2D eigenvalue weighted by Gasteiger charge is 1.87. The van der Waals surface area contributed by atoms with Crippen LogP contribution in [0.25, 0.3) is 0 Å². The lowest BCUT2D eigenvalue weighted by Gasteiger charge is -2.03. The third-order valence-electron chi connectivity index (χ3n) is 1.04. The predicted molar refractivity (Wildman–Crippen MR) is 46.2 cm³/mol. The Morgan fingerprint density at radius 1 is 1.44 bits per heavy atom. The van der Waals surface area contributed by atoms with Crippen LogP contribution in [0.15, 0.2) is 11.3 Å². The molecular formula is C7H17NSi. The van der Waals surface area contributed by atoms with Gasteiger partial charge in [-0.15, -0.1) is 0 Å². The van der Waals surface area contributed by atoms with E-state index in [0.29, 0.717) is 6.04 Å². The molecule has 0 aromatic heterocycles. The van der Waals surface area contributed by atoms with E-state index in [-0.39, 0.29) is 9.68 Å². The largest absolute Gasteiger partial charge is 0.337 e. The Hall–Kier alpha value is -0.0831. The normalized spacial score (nSPS) is 11.2. The first-order chi connectivity index (χ1) is 4.13. The van der Waals surface area contributed by atoms with E-state index in [4.69, 9.17) is 0 Å². The average molecular weight is 143 g/mol. The minimum absolute atomic E-state index is 0.0957. The molecule has 0 bridgehead atoms. The van der Waals surface area contributed by atoms with E-state index in [1.165, 1.54) is 5.57 Å². The van der Waals surface area contributed by atoms with Crippen molar-refractivity contribution in [1.29, 1.82) is 0 Å². The van der Waals surface area contributed by atoms with Gasteiger partial charge in [0.05, 0.1) is 0 Å².